The SMILES string of the molecule is COc1ccc(C2=CC(CNCl)CCc3c2cc(OC)c(OC)c3OC)cc1O. The van der Waals surface area contributed by atoms with Crippen LogP contribution in [0.3, 0.4) is 0 Å². The predicted molar refractivity (Wildman–Crippen MR) is 114 cm³/mol. The molecular formula is C22H26ClNO5. The van der Waals surface area contributed by atoms with E-state index in [0.717, 1.165) is 35.1 Å². The van der Waals surface area contributed by atoms with E-state index in [2.05, 4.69) is 10.9 Å². The van der Waals surface area contributed by atoms with E-state index in [9.17, 15) is 5.11 Å². The van der Waals surface area contributed by atoms with Crippen LogP contribution in [0.1, 0.15) is 23.1 Å². The molecule has 0 bridgehead atoms. The van der Waals surface area contributed by atoms with Crippen molar-refractivity contribution in [1.29, 1.82) is 0 Å². The zero-order chi connectivity index (χ0) is 21.0. The summed E-state index contributed by atoms with van der Waals surface area (Å²) in [5.74, 6) is 2.51. The molecule has 3 rings (SSSR count). The number of phenolic OH excluding ortho intramolecular Hbond substituents is 1. The zero-order valence-electron chi connectivity index (χ0n) is 17.0. The topological polar surface area (TPSA) is 69.2 Å². The van der Waals surface area contributed by atoms with Crippen LogP contribution in [0.4, 0.5) is 0 Å². The number of nitrogens with one attached hydrogen (secondary N) is 1. The minimum Gasteiger partial charge on any atom is -0.504 e. The van der Waals surface area contributed by atoms with E-state index in [1.165, 1.54) is 7.11 Å². The van der Waals surface area contributed by atoms with Crippen molar-refractivity contribution in [3.8, 4) is 28.7 Å². The molecule has 1 aliphatic rings. The van der Waals surface area contributed by atoms with Crippen LogP contribution in [0.25, 0.3) is 5.57 Å². The molecule has 1 atom stereocenters. The molecule has 0 saturated heterocycles. The monoisotopic (exact) mass is 419 g/mol. The van der Waals surface area contributed by atoms with Gasteiger partial charge in [-0.1, -0.05) is 12.1 Å². The van der Waals surface area contributed by atoms with Crippen LogP contribution in [-0.2, 0) is 6.42 Å². The maximum atomic E-state index is 10.3. The molecule has 7 heteroatoms. The fourth-order valence-corrected chi connectivity index (χ4v) is 4.01. The van der Waals surface area contributed by atoms with E-state index >= 15 is 0 Å². The first-order valence-corrected chi connectivity index (χ1v) is 9.70. The van der Waals surface area contributed by atoms with Gasteiger partial charge in [0.15, 0.2) is 23.0 Å². The smallest absolute Gasteiger partial charge is 0.203 e. The molecule has 2 N–H and O–H groups in total. The molecule has 1 aliphatic carbocycles. The first-order valence-electron chi connectivity index (χ1n) is 9.32. The van der Waals surface area contributed by atoms with E-state index in [-0.39, 0.29) is 11.7 Å². The van der Waals surface area contributed by atoms with Gasteiger partial charge in [-0.15, -0.1) is 0 Å². The van der Waals surface area contributed by atoms with Gasteiger partial charge in [0.05, 0.1) is 28.4 Å². The third-order valence-corrected chi connectivity index (χ3v) is 5.37. The van der Waals surface area contributed by atoms with Gasteiger partial charge in [-0.2, -0.15) is 0 Å². The summed E-state index contributed by atoms with van der Waals surface area (Å²) in [4.78, 5) is 2.74. The second-order valence-electron chi connectivity index (χ2n) is 6.77. The highest BCUT2D eigenvalue weighted by molar-refractivity contribution is 6.13. The van der Waals surface area contributed by atoms with Crippen LogP contribution in [0.2, 0.25) is 0 Å². The van der Waals surface area contributed by atoms with Crippen LogP contribution in [0, 0.1) is 5.92 Å². The summed E-state index contributed by atoms with van der Waals surface area (Å²) in [7, 11) is 6.35. The van der Waals surface area contributed by atoms with Crippen LogP contribution >= 0.6 is 11.8 Å². The molecule has 2 aromatic rings. The third-order valence-electron chi connectivity index (χ3n) is 5.22. The van der Waals surface area contributed by atoms with E-state index < -0.39 is 0 Å². The molecule has 0 radical (unpaired) electrons. The molecule has 29 heavy (non-hydrogen) atoms. The minimum absolute atomic E-state index is 0.0798. The number of hydrogen-bond acceptors (Lipinski definition) is 6. The molecule has 0 spiro atoms. The lowest BCUT2D eigenvalue weighted by atomic mass is 9.92. The van der Waals surface area contributed by atoms with Crippen molar-refractivity contribution in [2.45, 2.75) is 12.8 Å². The van der Waals surface area contributed by atoms with Gasteiger partial charge < -0.3 is 24.1 Å². The van der Waals surface area contributed by atoms with Gasteiger partial charge in [0.25, 0.3) is 0 Å². The van der Waals surface area contributed by atoms with Gasteiger partial charge in [0.1, 0.15) is 0 Å². The highest BCUT2D eigenvalue weighted by Gasteiger charge is 2.26. The number of hydrogen-bond donors (Lipinski definition) is 2. The fraction of sp³-hybridized carbons (Fsp3) is 0.364. The second kappa shape index (κ2) is 9.29. The lowest BCUT2D eigenvalue weighted by Gasteiger charge is -2.20. The lowest BCUT2D eigenvalue weighted by Crippen LogP contribution is -2.13. The number of ether oxygens (including phenoxy) is 4. The van der Waals surface area contributed by atoms with Crippen LogP contribution in [-0.4, -0.2) is 40.1 Å². The molecule has 0 aliphatic heterocycles. The van der Waals surface area contributed by atoms with E-state index in [1.807, 2.05) is 12.1 Å². The normalized spacial score (nSPS) is 15.8. The molecule has 0 saturated carbocycles. The molecular weight excluding hydrogens is 394 g/mol. The molecule has 0 aromatic heterocycles. The zero-order valence-corrected chi connectivity index (χ0v) is 17.8. The highest BCUT2D eigenvalue weighted by atomic mass is 35.5. The maximum absolute atomic E-state index is 10.3. The summed E-state index contributed by atoms with van der Waals surface area (Å²) in [5, 5.41) is 10.3. The molecule has 6 nitrogen and oxygen atoms in total. The molecule has 156 valence electrons. The summed E-state index contributed by atoms with van der Waals surface area (Å²) in [6.45, 7) is 0.623. The molecule has 0 heterocycles. The number of halogens is 1. The summed E-state index contributed by atoms with van der Waals surface area (Å²) in [6, 6.07) is 7.34. The Bertz CT molecular complexity index is 913. The van der Waals surface area contributed by atoms with Crippen LogP contribution < -0.4 is 23.8 Å². The number of rotatable bonds is 7. The number of methoxy groups -OCH3 is 4. The third kappa shape index (κ3) is 4.09. The Morgan fingerprint density at radius 3 is 2.31 bits per heavy atom. The van der Waals surface area contributed by atoms with Crippen molar-refractivity contribution in [1.82, 2.24) is 4.84 Å². The molecule has 2 aromatic carbocycles. The number of benzene rings is 2. The Morgan fingerprint density at radius 2 is 1.72 bits per heavy atom. The van der Waals surface area contributed by atoms with Gasteiger partial charge in [0, 0.05) is 12.1 Å². The van der Waals surface area contributed by atoms with Gasteiger partial charge in [-0.25, -0.2) is 4.84 Å². The lowest BCUT2D eigenvalue weighted by molar-refractivity contribution is 0.321. The standard InChI is InChI=1S/C22H26ClNO5/c1-26-19-8-6-14(10-18(19)25)16-9-13(12-24-23)5-7-15-17(16)11-20(27-2)22(29-4)21(15)28-3/h6,8-11,13,24-25H,5,7,12H2,1-4H3. The van der Waals surface area contributed by atoms with Gasteiger partial charge in [-0.3, -0.25) is 0 Å². The maximum Gasteiger partial charge on any atom is 0.203 e. The molecule has 0 fully saturated rings. The minimum atomic E-state index is 0.0798. The summed E-state index contributed by atoms with van der Waals surface area (Å²) in [5.41, 5.74) is 3.83. The highest BCUT2D eigenvalue weighted by Crippen LogP contribution is 2.47. The van der Waals surface area contributed by atoms with E-state index in [1.54, 1.807) is 33.5 Å². The van der Waals surface area contributed by atoms with Crippen molar-refractivity contribution in [3.63, 3.8) is 0 Å². The summed E-state index contributed by atoms with van der Waals surface area (Å²) < 4.78 is 22.1. The van der Waals surface area contributed by atoms with E-state index in [0.29, 0.717) is 29.5 Å². The average molecular weight is 420 g/mol. The Labute approximate surface area is 176 Å². The Hall–Kier alpha value is -2.57. The van der Waals surface area contributed by atoms with Crippen LogP contribution in [0.15, 0.2) is 30.3 Å². The summed E-state index contributed by atoms with van der Waals surface area (Å²) >= 11 is 5.81. The van der Waals surface area contributed by atoms with Crippen LogP contribution in [0.5, 0.6) is 28.7 Å². The first-order chi connectivity index (χ1) is 14.1. The van der Waals surface area contributed by atoms with Crippen molar-refractivity contribution in [2.24, 2.45) is 5.92 Å². The quantitative estimate of drug-likeness (QED) is 0.656. The van der Waals surface area contributed by atoms with Crippen molar-refractivity contribution in [3.05, 3.63) is 47.0 Å². The Morgan fingerprint density at radius 1 is 1.00 bits per heavy atom. The Kier molecular flexibility index (Phi) is 6.77. The van der Waals surface area contributed by atoms with Crippen molar-refractivity contribution in [2.75, 3.05) is 35.0 Å². The summed E-state index contributed by atoms with van der Waals surface area (Å²) in [6.07, 6.45) is 3.84. The molecule has 1 unspecified atom stereocenters. The van der Waals surface area contributed by atoms with Gasteiger partial charge in [-0.05, 0) is 65.4 Å². The number of phenols is 1. The molecule has 0 amide bonds. The number of fused-ring (bicyclic) bond motifs is 1. The Balaban J connectivity index is 2.26. The second-order valence-corrected chi connectivity index (χ2v) is 7.04. The number of aromatic hydroxyl groups is 1. The van der Waals surface area contributed by atoms with Crippen molar-refractivity contribution < 1.29 is 24.1 Å². The fourth-order valence-electron chi connectivity index (χ4n) is 3.81. The average Bonchev–Trinajstić information content (AvgIpc) is 2.92. The van der Waals surface area contributed by atoms with Crippen molar-refractivity contribution >= 4 is 17.3 Å². The van der Waals surface area contributed by atoms with E-state index in [4.69, 9.17) is 30.7 Å². The first kappa shape index (κ1) is 21.1. The predicted octanol–water partition coefficient (Wildman–Crippen LogP) is 4.16. The van der Waals surface area contributed by atoms with Gasteiger partial charge in [0.2, 0.25) is 5.75 Å². The van der Waals surface area contributed by atoms with Gasteiger partial charge >= 0.3 is 0 Å². The largest absolute Gasteiger partial charge is 0.504 e.